The van der Waals surface area contributed by atoms with Gasteiger partial charge in [0.15, 0.2) is 34.3 Å². The van der Waals surface area contributed by atoms with Gasteiger partial charge >= 0.3 is 0 Å². The topological polar surface area (TPSA) is 72.2 Å². The van der Waals surface area contributed by atoms with E-state index in [0.717, 1.165) is 32.3 Å². The van der Waals surface area contributed by atoms with Gasteiger partial charge in [-0.05, 0) is 69.4 Å². The Kier molecular flexibility index (Phi) is 5.80. The van der Waals surface area contributed by atoms with E-state index in [1.54, 1.807) is 41.6 Å². The molecule has 0 N–H and O–H groups in total. The third kappa shape index (κ3) is 3.46. The SMILES string of the molecule is COc1cc2c3cc(OC)c(OC)cc3c3c(cc(OC)c4oc(-c5ccccc5Cl)nc43)c2cc1OC. The summed E-state index contributed by atoms with van der Waals surface area (Å²) >= 11 is 6.50. The van der Waals surface area contributed by atoms with Crippen LogP contribution in [0.25, 0.3) is 54.9 Å². The van der Waals surface area contributed by atoms with Crippen molar-refractivity contribution < 1.29 is 28.1 Å². The molecule has 6 aromatic rings. The first-order valence-electron chi connectivity index (χ1n) is 11.8. The maximum atomic E-state index is 6.50. The van der Waals surface area contributed by atoms with Gasteiger partial charge in [0.1, 0.15) is 5.52 Å². The Morgan fingerprint density at radius 3 is 1.55 bits per heavy atom. The number of benzene rings is 5. The molecule has 38 heavy (non-hydrogen) atoms. The Hall–Kier alpha value is -4.36. The van der Waals surface area contributed by atoms with Crippen molar-refractivity contribution in [3.63, 3.8) is 0 Å². The van der Waals surface area contributed by atoms with Crippen molar-refractivity contribution in [1.82, 2.24) is 4.98 Å². The number of rotatable bonds is 6. The van der Waals surface area contributed by atoms with Gasteiger partial charge in [-0.2, -0.15) is 0 Å². The largest absolute Gasteiger partial charge is 0.493 e. The summed E-state index contributed by atoms with van der Waals surface area (Å²) in [6.07, 6.45) is 0. The fourth-order valence-corrected chi connectivity index (χ4v) is 5.29. The number of ether oxygens (including phenoxy) is 5. The van der Waals surface area contributed by atoms with Crippen molar-refractivity contribution in [2.75, 3.05) is 35.5 Å². The molecule has 0 saturated carbocycles. The van der Waals surface area contributed by atoms with Crippen molar-refractivity contribution >= 4 is 55.0 Å². The smallest absolute Gasteiger partial charge is 0.229 e. The van der Waals surface area contributed by atoms with Crippen LogP contribution in [0.15, 0.2) is 59.0 Å². The maximum Gasteiger partial charge on any atom is 0.229 e. The number of nitrogens with zero attached hydrogens (tertiary/aromatic N) is 1. The number of aromatic nitrogens is 1. The first kappa shape index (κ1) is 24.0. The van der Waals surface area contributed by atoms with Crippen LogP contribution in [-0.2, 0) is 0 Å². The second-order valence-electron chi connectivity index (χ2n) is 8.68. The van der Waals surface area contributed by atoms with Crippen LogP contribution in [0.3, 0.4) is 0 Å². The lowest BCUT2D eigenvalue weighted by atomic mass is 9.92. The van der Waals surface area contributed by atoms with E-state index in [-0.39, 0.29) is 0 Å². The molecule has 0 bridgehead atoms. The first-order valence-corrected chi connectivity index (χ1v) is 12.2. The Balaban J connectivity index is 1.87. The monoisotopic (exact) mass is 529 g/mol. The highest BCUT2D eigenvalue weighted by atomic mass is 35.5. The van der Waals surface area contributed by atoms with Crippen molar-refractivity contribution in [2.45, 2.75) is 0 Å². The van der Waals surface area contributed by atoms with E-state index in [1.165, 1.54) is 0 Å². The highest BCUT2D eigenvalue weighted by Gasteiger charge is 2.23. The third-order valence-electron chi connectivity index (χ3n) is 6.85. The molecular weight excluding hydrogens is 506 g/mol. The van der Waals surface area contributed by atoms with Crippen LogP contribution in [0.1, 0.15) is 0 Å². The Bertz CT molecular complexity index is 1840. The van der Waals surface area contributed by atoms with E-state index >= 15 is 0 Å². The van der Waals surface area contributed by atoms with Gasteiger partial charge in [0.05, 0.1) is 46.1 Å². The molecule has 1 heterocycles. The molecule has 7 nitrogen and oxygen atoms in total. The lowest BCUT2D eigenvalue weighted by Gasteiger charge is -2.17. The minimum atomic E-state index is 0.400. The maximum absolute atomic E-state index is 6.50. The molecule has 0 spiro atoms. The van der Waals surface area contributed by atoms with Gasteiger partial charge in [0.25, 0.3) is 0 Å². The molecular formula is C30H24ClNO6. The fraction of sp³-hybridized carbons (Fsp3) is 0.167. The lowest BCUT2D eigenvalue weighted by Crippen LogP contribution is -1.95. The number of hydrogen-bond acceptors (Lipinski definition) is 7. The van der Waals surface area contributed by atoms with Gasteiger partial charge in [-0.15, -0.1) is 0 Å². The summed E-state index contributed by atoms with van der Waals surface area (Å²) in [7, 11) is 8.08. The van der Waals surface area contributed by atoms with Crippen LogP contribution < -0.4 is 23.7 Å². The summed E-state index contributed by atoms with van der Waals surface area (Å²) in [6.45, 7) is 0. The van der Waals surface area contributed by atoms with E-state index < -0.39 is 0 Å². The molecule has 8 heteroatoms. The van der Waals surface area contributed by atoms with Gasteiger partial charge in [-0.3, -0.25) is 0 Å². The van der Waals surface area contributed by atoms with E-state index in [9.17, 15) is 0 Å². The molecule has 0 saturated heterocycles. The predicted molar refractivity (Wildman–Crippen MR) is 150 cm³/mol. The number of halogens is 1. The summed E-state index contributed by atoms with van der Waals surface area (Å²) in [4.78, 5) is 4.95. The van der Waals surface area contributed by atoms with Gasteiger partial charge in [0, 0.05) is 5.39 Å². The molecule has 1 aromatic heterocycles. The normalized spacial score (nSPS) is 11.4. The number of methoxy groups -OCH3 is 5. The van der Waals surface area contributed by atoms with Crippen molar-refractivity contribution in [2.24, 2.45) is 0 Å². The minimum Gasteiger partial charge on any atom is -0.493 e. The standard InChI is InChI=1S/C30H24ClNO6/c1-33-22-10-16-17-11-24(35-3)25(36-4)13-19(17)27-20(18(16)12-23(22)34-2)14-26(37-5)29-28(27)32-30(38-29)15-8-6-7-9-21(15)31/h6-14H,1-5H3. The zero-order valence-corrected chi connectivity index (χ0v) is 22.2. The van der Waals surface area contributed by atoms with E-state index in [1.807, 2.05) is 48.5 Å². The Labute approximate surface area is 223 Å². The summed E-state index contributed by atoms with van der Waals surface area (Å²) in [5, 5.41) is 6.04. The van der Waals surface area contributed by atoms with Gasteiger partial charge < -0.3 is 28.1 Å². The third-order valence-corrected chi connectivity index (χ3v) is 7.18. The highest BCUT2D eigenvalue weighted by molar-refractivity contribution is 6.34. The molecule has 0 atom stereocenters. The lowest BCUT2D eigenvalue weighted by molar-refractivity contribution is 0.355. The molecule has 0 aliphatic carbocycles. The molecule has 0 radical (unpaired) electrons. The summed E-state index contributed by atoms with van der Waals surface area (Å²) in [5.74, 6) is 3.38. The van der Waals surface area contributed by atoms with Crippen LogP contribution >= 0.6 is 11.6 Å². The minimum absolute atomic E-state index is 0.400. The predicted octanol–water partition coefficient (Wildman–Crippen LogP) is 7.65. The molecule has 192 valence electrons. The number of oxazole rings is 1. The van der Waals surface area contributed by atoms with Crippen LogP contribution in [0.4, 0.5) is 0 Å². The zero-order valence-electron chi connectivity index (χ0n) is 21.5. The van der Waals surface area contributed by atoms with Crippen LogP contribution in [0, 0.1) is 0 Å². The van der Waals surface area contributed by atoms with Crippen molar-refractivity contribution in [3.8, 4) is 40.2 Å². The summed E-state index contributed by atoms with van der Waals surface area (Å²) in [6, 6.07) is 17.3. The van der Waals surface area contributed by atoms with E-state index in [0.29, 0.717) is 56.3 Å². The summed E-state index contributed by atoms with van der Waals surface area (Å²) in [5.41, 5.74) is 1.85. The fourth-order valence-electron chi connectivity index (χ4n) is 5.07. The Morgan fingerprint density at radius 2 is 1.05 bits per heavy atom. The average molecular weight is 530 g/mol. The molecule has 6 rings (SSSR count). The molecule has 5 aromatic carbocycles. The van der Waals surface area contributed by atoms with E-state index in [2.05, 4.69) is 0 Å². The van der Waals surface area contributed by atoms with E-state index in [4.69, 9.17) is 44.7 Å². The van der Waals surface area contributed by atoms with Crippen molar-refractivity contribution in [3.05, 3.63) is 59.6 Å². The molecule has 0 unspecified atom stereocenters. The molecule has 0 aliphatic rings. The highest BCUT2D eigenvalue weighted by Crippen LogP contribution is 2.48. The number of hydrogen-bond donors (Lipinski definition) is 0. The Morgan fingerprint density at radius 1 is 0.605 bits per heavy atom. The van der Waals surface area contributed by atoms with Crippen LogP contribution in [0.2, 0.25) is 5.02 Å². The number of fused-ring (bicyclic) bond motifs is 8. The van der Waals surface area contributed by atoms with Crippen LogP contribution in [0.5, 0.6) is 28.7 Å². The molecule has 0 fully saturated rings. The average Bonchev–Trinajstić information content (AvgIpc) is 3.40. The van der Waals surface area contributed by atoms with Crippen LogP contribution in [-0.4, -0.2) is 40.5 Å². The zero-order chi connectivity index (χ0) is 26.6. The molecule has 0 amide bonds. The summed E-state index contributed by atoms with van der Waals surface area (Å²) < 4.78 is 34.7. The molecule has 0 aliphatic heterocycles. The van der Waals surface area contributed by atoms with Gasteiger partial charge in [-0.1, -0.05) is 23.7 Å². The van der Waals surface area contributed by atoms with Gasteiger partial charge in [-0.25, -0.2) is 4.98 Å². The quantitative estimate of drug-likeness (QED) is 0.205. The second kappa shape index (κ2) is 9.19. The second-order valence-corrected chi connectivity index (χ2v) is 9.09. The first-order chi connectivity index (χ1) is 18.5. The van der Waals surface area contributed by atoms with Gasteiger partial charge in [0.2, 0.25) is 5.89 Å². The van der Waals surface area contributed by atoms with Crippen molar-refractivity contribution in [1.29, 1.82) is 0 Å².